The van der Waals surface area contributed by atoms with Crippen LogP contribution >= 0.6 is 0 Å². The van der Waals surface area contributed by atoms with E-state index in [4.69, 9.17) is 5.73 Å². The summed E-state index contributed by atoms with van der Waals surface area (Å²) in [6.45, 7) is 1.92. The van der Waals surface area contributed by atoms with Gasteiger partial charge in [-0.15, -0.1) is 0 Å². The summed E-state index contributed by atoms with van der Waals surface area (Å²) in [5.74, 6) is -0.390. The zero-order chi connectivity index (χ0) is 14.8. The van der Waals surface area contributed by atoms with E-state index in [1.54, 1.807) is 6.07 Å². The van der Waals surface area contributed by atoms with Crippen LogP contribution in [0.2, 0.25) is 0 Å². The molecule has 1 unspecified atom stereocenters. The number of carbonyl (C=O) groups excluding carboxylic acids is 1. The zero-order valence-electron chi connectivity index (χ0n) is 12.1. The number of pyridine rings is 1. The lowest BCUT2D eigenvalue weighted by Crippen LogP contribution is -2.20. The Morgan fingerprint density at radius 1 is 1.33 bits per heavy atom. The molecule has 1 heterocycles. The molecule has 4 heteroatoms. The van der Waals surface area contributed by atoms with E-state index in [0.29, 0.717) is 5.56 Å². The fraction of sp³-hybridized carbons (Fsp3) is 0.294. The third-order valence-electron chi connectivity index (χ3n) is 4.12. The van der Waals surface area contributed by atoms with Crippen molar-refractivity contribution >= 4 is 11.6 Å². The van der Waals surface area contributed by atoms with Gasteiger partial charge in [-0.3, -0.25) is 9.78 Å². The van der Waals surface area contributed by atoms with Crippen molar-refractivity contribution in [1.82, 2.24) is 4.98 Å². The van der Waals surface area contributed by atoms with Crippen molar-refractivity contribution in [3.8, 4) is 0 Å². The molecule has 1 aliphatic rings. The summed E-state index contributed by atoms with van der Waals surface area (Å²) in [5, 5.41) is 3.53. The van der Waals surface area contributed by atoms with E-state index in [2.05, 4.69) is 16.4 Å². The number of carbonyl (C=O) groups is 1. The molecule has 1 aliphatic carbocycles. The van der Waals surface area contributed by atoms with Gasteiger partial charge in [0.25, 0.3) is 0 Å². The number of rotatable bonds is 3. The van der Waals surface area contributed by atoms with Gasteiger partial charge in [-0.1, -0.05) is 12.1 Å². The Bertz CT molecular complexity index is 681. The molecule has 21 heavy (non-hydrogen) atoms. The average molecular weight is 281 g/mol. The molecule has 0 bridgehead atoms. The lowest BCUT2D eigenvalue weighted by molar-refractivity contribution is 0.1000. The first-order valence-corrected chi connectivity index (χ1v) is 7.26. The van der Waals surface area contributed by atoms with Crippen molar-refractivity contribution < 1.29 is 4.79 Å². The summed E-state index contributed by atoms with van der Waals surface area (Å²) in [6, 6.07) is 9.92. The van der Waals surface area contributed by atoms with Gasteiger partial charge in [0, 0.05) is 17.4 Å². The molecule has 1 amide bonds. The third-order valence-corrected chi connectivity index (χ3v) is 4.12. The highest BCUT2D eigenvalue weighted by molar-refractivity contribution is 5.95. The van der Waals surface area contributed by atoms with E-state index in [0.717, 1.165) is 36.2 Å². The minimum Gasteiger partial charge on any atom is -0.376 e. The number of hydrogen-bond acceptors (Lipinski definition) is 3. The second-order valence-corrected chi connectivity index (χ2v) is 5.48. The number of nitrogens with zero attached hydrogens (tertiary/aromatic N) is 1. The molecule has 0 spiro atoms. The van der Waals surface area contributed by atoms with Crippen LogP contribution in [0.5, 0.6) is 0 Å². The van der Waals surface area contributed by atoms with E-state index < -0.39 is 5.91 Å². The molecular weight excluding hydrogens is 262 g/mol. The van der Waals surface area contributed by atoms with E-state index in [-0.39, 0.29) is 6.04 Å². The molecule has 0 aliphatic heterocycles. The first-order chi connectivity index (χ1) is 10.2. The second kappa shape index (κ2) is 5.56. The number of aryl methyl sites for hydroxylation is 1. The normalized spacial score (nSPS) is 17.1. The molecule has 0 radical (unpaired) electrons. The minimum absolute atomic E-state index is 0.191. The number of primary amides is 1. The van der Waals surface area contributed by atoms with Crippen molar-refractivity contribution in [2.75, 3.05) is 5.32 Å². The molecule has 1 atom stereocenters. The smallest absolute Gasteiger partial charge is 0.249 e. The highest BCUT2D eigenvalue weighted by Gasteiger charge is 2.22. The predicted molar refractivity (Wildman–Crippen MR) is 83.2 cm³/mol. The SMILES string of the molecule is Cc1c(NC2CCCc3cccnc32)cccc1C(N)=O. The highest BCUT2D eigenvalue weighted by Crippen LogP contribution is 2.32. The zero-order valence-corrected chi connectivity index (χ0v) is 12.1. The third kappa shape index (κ3) is 2.61. The van der Waals surface area contributed by atoms with Gasteiger partial charge in [0.15, 0.2) is 0 Å². The van der Waals surface area contributed by atoms with Gasteiger partial charge in [0.1, 0.15) is 0 Å². The van der Waals surface area contributed by atoms with Crippen molar-refractivity contribution in [2.24, 2.45) is 5.73 Å². The van der Waals surface area contributed by atoms with Crippen molar-refractivity contribution in [3.63, 3.8) is 0 Å². The van der Waals surface area contributed by atoms with Crippen LogP contribution in [-0.2, 0) is 6.42 Å². The van der Waals surface area contributed by atoms with Gasteiger partial charge in [-0.25, -0.2) is 0 Å². The largest absolute Gasteiger partial charge is 0.376 e. The van der Waals surface area contributed by atoms with Crippen LogP contribution in [0.1, 0.15) is 46.1 Å². The molecule has 3 N–H and O–H groups in total. The highest BCUT2D eigenvalue weighted by atomic mass is 16.1. The standard InChI is InChI=1S/C17H19N3O/c1-11-13(17(18)21)7-3-8-14(11)20-15-9-2-5-12-6-4-10-19-16(12)15/h3-4,6-8,10,15,20H,2,5,9H2,1H3,(H2,18,21). The molecule has 1 aromatic carbocycles. The van der Waals surface area contributed by atoms with Crippen LogP contribution < -0.4 is 11.1 Å². The molecule has 0 saturated heterocycles. The predicted octanol–water partition coefficient (Wildman–Crippen LogP) is 2.98. The Kier molecular flexibility index (Phi) is 3.60. The van der Waals surface area contributed by atoms with Crippen LogP contribution in [-0.4, -0.2) is 10.9 Å². The van der Waals surface area contributed by atoms with Crippen molar-refractivity contribution in [1.29, 1.82) is 0 Å². The van der Waals surface area contributed by atoms with Crippen molar-refractivity contribution in [2.45, 2.75) is 32.2 Å². The number of nitrogens with one attached hydrogen (secondary N) is 1. The van der Waals surface area contributed by atoms with Gasteiger partial charge in [-0.05, 0) is 55.5 Å². The Morgan fingerprint density at radius 3 is 3.00 bits per heavy atom. The number of aromatic nitrogens is 1. The van der Waals surface area contributed by atoms with Gasteiger partial charge in [0.2, 0.25) is 5.91 Å². The summed E-state index contributed by atoms with van der Waals surface area (Å²) >= 11 is 0. The summed E-state index contributed by atoms with van der Waals surface area (Å²) in [6.07, 6.45) is 5.11. The molecule has 1 aromatic heterocycles. The molecule has 2 aromatic rings. The number of anilines is 1. The maximum atomic E-state index is 11.4. The van der Waals surface area contributed by atoms with Gasteiger partial charge in [0.05, 0.1) is 11.7 Å². The van der Waals surface area contributed by atoms with Crippen molar-refractivity contribution in [3.05, 3.63) is 58.9 Å². The Morgan fingerprint density at radius 2 is 2.19 bits per heavy atom. The van der Waals surface area contributed by atoms with Crippen LogP contribution in [0, 0.1) is 6.92 Å². The molecule has 108 valence electrons. The summed E-state index contributed by atoms with van der Waals surface area (Å²) in [5.41, 5.74) is 10.3. The van der Waals surface area contributed by atoms with Crippen LogP contribution in [0.3, 0.4) is 0 Å². The lowest BCUT2D eigenvalue weighted by atomic mass is 9.91. The Balaban J connectivity index is 1.92. The first-order valence-electron chi connectivity index (χ1n) is 7.26. The number of nitrogens with two attached hydrogens (primary N) is 1. The first kappa shape index (κ1) is 13.6. The lowest BCUT2D eigenvalue weighted by Gasteiger charge is -2.27. The van der Waals surface area contributed by atoms with Gasteiger partial charge < -0.3 is 11.1 Å². The average Bonchev–Trinajstić information content (AvgIpc) is 2.49. The number of fused-ring (bicyclic) bond motifs is 1. The Labute approximate surface area is 124 Å². The minimum atomic E-state index is -0.390. The Hall–Kier alpha value is -2.36. The van der Waals surface area contributed by atoms with E-state index in [1.165, 1.54) is 5.56 Å². The molecule has 0 saturated carbocycles. The number of hydrogen-bond donors (Lipinski definition) is 2. The number of amides is 1. The summed E-state index contributed by atoms with van der Waals surface area (Å²) in [7, 11) is 0. The topological polar surface area (TPSA) is 68.0 Å². The monoisotopic (exact) mass is 281 g/mol. The van der Waals surface area contributed by atoms with E-state index >= 15 is 0 Å². The molecule has 3 rings (SSSR count). The molecule has 4 nitrogen and oxygen atoms in total. The fourth-order valence-electron chi connectivity index (χ4n) is 3.00. The van der Waals surface area contributed by atoms with Crippen LogP contribution in [0.4, 0.5) is 5.69 Å². The molecule has 0 fully saturated rings. The fourth-order valence-corrected chi connectivity index (χ4v) is 3.00. The van der Waals surface area contributed by atoms with Crippen LogP contribution in [0.25, 0.3) is 0 Å². The summed E-state index contributed by atoms with van der Waals surface area (Å²) < 4.78 is 0. The van der Waals surface area contributed by atoms with E-state index in [1.807, 2.05) is 31.3 Å². The maximum Gasteiger partial charge on any atom is 0.249 e. The van der Waals surface area contributed by atoms with E-state index in [9.17, 15) is 4.79 Å². The second-order valence-electron chi connectivity index (χ2n) is 5.48. The quantitative estimate of drug-likeness (QED) is 0.908. The molecular formula is C17H19N3O. The van der Waals surface area contributed by atoms with Crippen LogP contribution in [0.15, 0.2) is 36.5 Å². The maximum absolute atomic E-state index is 11.4. The van der Waals surface area contributed by atoms with Gasteiger partial charge >= 0.3 is 0 Å². The number of benzene rings is 1. The van der Waals surface area contributed by atoms with Gasteiger partial charge in [-0.2, -0.15) is 0 Å². The summed E-state index contributed by atoms with van der Waals surface area (Å²) in [4.78, 5) is 16.0.